The van der Waals surface area contributed by atoms with Crippen molar-refractivity contribution in [2.24, 2.45) is 0 Å². The highest BCUT2D eigenvalue weighted by Crippen LogP contribution is 2.23. The number of rotatable bonds is 3. The molecule has 0 atom stereocenters. The Labute approximate surface area is 121 Å². The van der Waals surface area contributed by atoms with E-state index in [4.69, 9.17) is 11.6 Å². The second-order valence-electron chi connectivity index (χ2n) is 4.45. The normalized spacial score (nSPS) is 10.3. The van der Waals surface area contributed by atoms with Crippen LogP contribution < -0.4 is 0 Å². The maximum Gasteiger partial charge on any atom is 0.257 e. The molecule has 0 saturated heterocycles. The Bertz CT molecular complexity index is 628. The summed E-state index contributed by atoms with van der Waals surface area (Å²) in [4.78, 5) is 13.6. The lowest BCUT2D eigenvalue weighted by molar-refractivity contribution is 0.0782. The van der Waals surface area contributed by atoms with Crippen LogP contribution in [0.3, 0.4) is 0 Å². The summed E-state index contributed by atoms with van der Waals surface area (Å²) in [6, 6.07) is 10.2. The summed E-state index contributed by atoms with van der Waals surface area (Å²) in [5.74, 6) is -0.810. The fourth-order valence-corrected chi connectivity index (χ4v) is 1.99. The summed E-state index contributed by atoms with van der Waals surface area (Å²) in [6.07, 6.45) is 0. The first-order valence-corrected chi connectivity index (χ1v) is 6.33. The predicted molar refractivity (Wildman–Crippen MR) is 75.3 cm³/mol. The van der Waals surface area contributed by atoms with Gasteiger partial charge < -0.3 is 10.0 Å². The molecule has 0 radical (unpaired) electrons. The zero-order chi connectivity index (χ0) is 14.7. The minimum atomic E-state index is -0.330. The number of hydrogen-bond acceptors (Lipinski definition) is 2. The smallest absolute Gasteiger partial charge is 0.257 e. The Morgan fingerprint density at radius 3 is 2.50 bits per heavy atom. The van der Waals surface area contributed by atoms with Crippen molar-refractivity contribution in [1.29, 1.82) is 0 Å². The highest BCUT2D eigenvalue weighted by Gasteiger charge is 2.16. The van der Waals surface area contributed by atoms with Gasteiger partial charge in [-0.2, -0.15) is 0 Å². The van der Waals surface area contributed by atoms with E-state index in [0.717, 1.165) is 5.56 Å². The number of phenols is 1. The van der Waals surface area contributed by atoms with Gasteiger partial charge in [-0.1, -0.05) is 23.7 Å². The average molecular weight is 294 g/mol. The lowest BCUT2D eigenvalue weighted by Crippen LogP contribution is -2.26. The summed E-state index contributed by atoms with van der Waals surface area (Å²) in [5.41, 5.74) is 0.981. The molecule has 2 aromatic rings. The Morgan fingerprint density at radius 2 is 1.90 bits per heavy atom. The Kier molecular flexibility index (Phi) is 4.25. The van der Waals surface area contributed by atoms with E-state index in [1.807, 2.05) is 0 Å². The molecule has 0 bridgehead atoms. The van der Waals surface area contributed by atoms with Crippen molar-refractivity contribution in [2.75, 3.05) is 7.05 Å². The lowest BCUT2D eigenvalue weighted by Gasteiger charge is -2.18. The highest BCUT2D eigenvalue weighted by molar-refractivity contribution is 6.30. The van der Waals surface area contributed by atoms with Gasteiger partial charge in [0.1, 0.15) is 11.6 Å². The van der Waals surface area contributed by atoms with Crippen LogP contribution >= 0.6 is 11.6 Å². The van der Waals surface area contributed by atoms with Crippen LogP contribution in [0, 0.1) is 5.82 Å². The number of benzene rings is 2. The number of nitrogens with zero attached hydrogens (tertiary/aromatic N) is 1. The molecule has 1 N–H and O–H groups in total. The van der Waals surface area contributed by atoms with Crippen LogP contribution in [0.15, 0.2) is 42.5 Å². The van der Waals surface area contributed by atoms with Crippen LogP contribution in [-0.2, 0) is 6.54 Å². The largest absolute Gasteiger partial charge is 0.507 e. The Morgan fingerprint density at radius 1 is 1.25 bits per heavy atom. The van der Waals surface area contributed by atoms with E-state index in [2.05, 4.69) is 0 Å². The molecule has 5 heteroatoms. The molecule has 0 aliphatic carbocycles. The van der Waals surface area contributed by atoms with Gasteiger partial charge in [-0.3, -0.25) is 4.79 Å². The van der Waals surface area contributed by atoms with E-state index in [-0.39, 0.29) is 23.0 Å². The Balaban J connectivity index is 2.14. The molecule has 0 unspecified atom stereocenters. The number of phenolic OH excluding ortho intramolecular Hbond substituents is 1. The molecule has 1 amide bonds. The van der Waals surface area contributed by atoms with Crippen LogP contribution in [-0.4, -0.2) is 23.0 Å². The molecule has 0 aromatic heterocycles. The summed E-state index contributed by atoms with van der Waals surface area (Å²) in [5, 5.41) is 10.1. The monoisotopic (exact) mass is 293 g/mol. The summed E-state index contributed by atoms with van der Waals surface area (Å²) < 4.78 is 12.8. The van der Waals surface area contributed by atoms with Crippen molar-refractivity contribution in [2.45, 2.75) is 6.54 Å². The van der Waals surface area contributed by atoms with E-state index >= 15 is 0 Å². The Hall–Kier alpha value is -2.07. The number of carbonyl (C=O) groups is 1. The van der Waals surface area contributed by atoms with Crippen LogP contribution in [0.1, 0.15) is 15.9 Å². The van der Waals surface area contributed by atoms with Gasteiger partial charge in [0.15, 0.2) is 0 Å². The zero-order valence-corrected chi connectivity index (χ0v) is 11.6. The maximum atomic E-state index is 12.8. The fraction of sp³-hybridized carbons (Fsp3) is 0.133. The number of hydrogen-bond donors (Lipinski definition) is 1. The molecular formula is C15H13ClFNO2. The first-order valence-electron chi connectivity index (χ1n) is 5.96. The average Bonchev–Trinajstić information content (AvgIpc) is 2.40. The van der Waals surface area contributed by atoms with Gasteiger partial charge in [0.25, 0.3) is 5.91 Å². The van der Waals surface area contributed by atoms with E-state index in [1.54, 1.807) is 25.2 Å². The van der Waals surface area contributed by atoms with E-state index in [9.17, 15) is 14.3 Å². The van der Waals surface area contributed by atoms with Crippen molar-refractivity contribution in [3.05, 3.63) is 64.4 Å². The quantitative estimate of drug-likeness (QED) is 0.941. The molecule has 3 nitrogen and oxygen atoms in total. The number of carbonyl (C=O) groups excluding carboxylic acids is 1. The van der Waals surface area contributed by atoms with Crippen molar-refractivity contribution in [3.8, 4) is 5.75 Å². The standard InChI is InChI=1S/C15H13ClFNO2/c1-18(9-10-2-5-12(17)6-3-10)15(20)13-7-4-11(16)8-14(13)19/h2-8,19H,9H2,1H3. The van der Waals surface area contributed by atoms with Gasteiger partial charge in [0.2, 0.25) is 0 Å². The first-order chi connectivity index (χ1) is 9.47. The van der Waals surface area contributed by atoms with Gasteiger partial charge in [0.05, 0.1) is 5.56 Å². The van der Waals surface area contributed by atoms with Crippen LogP contribution in [0.2, 0.25) is 5.02 Å². The van der Waals surface area contributed by atoms with Gasteiger partial charge in [-0.25, -0.2) is 4.39 Å². The second-order valence-corrected chi connectivity index (χ2v) is 4.89. The first kappa shape index (κ1) is 14.3. The fourth-order valence-electron chi connectivity index (χ4n) is 1.83. The zero-order valence-electron chi connectivity index (χ0n) is 10.8. The van der Waals surface area contributed by atoms with Gasteiger partial charge in [0, 0.05) is 18.6 Å². The van der Waals surface area contributed by atoms with E-state index < -0.39 is 0 Å². The molecular weight excluding hydrogens is 281 g/mol. The number of amides is 1. The summed E-state index contributed by atoms with van der Waals surface area (Å²) in [7, 11) is 1.61. The molecule has 2 aromatic carbocycles. The number of aromatic hydroxyl groups is 1. The SMILES string of the molecule is CN(Cc1ccc(F)cc1)C(=O)c1ccc(Cl)cc1O. The van der Waals surface area contributed by atoms with Crippen molar-refractivity contribution in [1.82, 2.24) is 4.90 Å². The summed E-state index contributed by atoms with van der Waals surface area (Å²) in [6.45, 7) is 0.321. The molecule has 0 spiro atoms. The van der Waals surface area contributed by atoms with Crippen molar-refractivity contribution < 1.29 is 14.3 Å². The van der Waals surface area contributed by atoms with Gasteiger partial charge in [-0.05, 0) is 35.9 Å². The third-order valence-corrected chi connectivity index (χ3v) is 3.10. The molecule has 0 fully saturated rings. The minimum absolute atomic E-state index is 0.159. The minimum Gasteiger partial charge on any atom is -0.507 e. The molecule has 0 heterocycles. The third kappa shape index (κ3) is 3.27. The molecule has 0 saturated carbocycles. The highest BCUT2D eigenvalue weighted by atomic mass is 35.5. The van der Waals surface area contributed by atoms with Crippen LogP contribution in [0.5, 0.6) is 5.75 Å². The lowest BCUT2D eigenvalue weighted by atomic mass is 10.1. The third-order valence-electron chi connectivity index (χ3n) is 2.87. The van der Waals surface area contributed by atoms with Crippen molar-refractivity contribution >= 4 is 17.5 Å². The molecule has 20 heavy (non-hydrogen) atoms. The van der Waals surface area contributed by atoms with Gasteiger partial charge >= 0.3 is 0 Å². The molecule has 0 aliphatic heterocycles. The van der Waals surface area contributed by atoms with Gasteiger partial charge in [-0.15, -0.1) is 0 Å². The predicted octanol–water partition coefficient (Wildman–Crippen LogP) is 3.46. The topological polar surface area (TPSA) is 40.5 Å². The number of halogens is 2. The van der Waals surface area contributed by atoms with Crippen molar-refractivity contribution in [3.63, 3.8) is 0 Å². The van der Waals surface area contributed by atoms with Crippen LogP contribution in [0.25, 0.3) is 0 Å². The summed E-state index contributed by atoms with van der Waals surface area (Å²) >= 11 is 5.73. The molecule has 2 rings (SSSR count). The van der Waals surface area contributed by atoms with E-state index in [1.165, 1.54) is 29.2 Å². The van der Waals surface area contributed by atoms with E-state index in [0.29, 0.717) is 11.6 Å². The molecule has 104 valence electrons. The second kappa shape index (κ2) is 5.92. The van der Waals surface area contributed by atoms with Crippen LogP contribution in [0.4, 0.5) is 4.39 Å². The maximum absolute atomic E-state index is 12.8. The molecule has 0 aliphatic rings.